The van der Waals surface area contributed by atoms with Gasteiger partial charge in [0, 0.05) is 32.7 Å². The first-order valence-corrected chi connectivity index (χ1v) is 7.46. The number of rotatable bonds is 6. The van der Waals surface area contributed by atoms with Crippen LogP contribution in [0.1, 0.15) is 39.0 Å². The Morgan fingerprint density at radius 2 is 2.11 bits per heavy atom. The third-order valence-electron chi connectivity index (χ3n) is 3.70. The molecule has 2 atom stereocenters. The van der Waals surface area contributed by atoms with Crippen molar-refractivity contribution in [2.24, 2.45) is 0 Å². The first-order chi connectivity index (χ1) is 9.31. The first kappa shape index (κ1) is 14.8. The molecule has 2 saturated heterocycles. The maximum Gasteiger partial charge on any atom is 0.241 e. The van der Waals surface area contributed by atoms with Crippen LogP contribution in [0.4, 0.5) is 0 Å². The van der Waals surface area contributed by atoms with E-state index in [0.29, 0.717) is 19.8 Å². The minimum absolute atomic E-state index is 0.0515. The Kier molecular flexibility index (Phi) is 6.07. The molecule has 5 heteroatoms. The zero-order chi connectivity index (χ0) is 13.5. The van der Waals surface area contributed by atoms with E-state index in [2.05, 4.69) is 12.2 Å². The highest BCUT2D eigenvalue weighted by Crippen LogP contribution is 2.17. The van der Waals surface area contributed by atoms with Crippen molar-refractivity contribution in [1.82, 2.24) is 10.2 Å². The lowest BCUT2D eigenvalue weighted by Gasteiger charge is -2.28. The van der Waals surface area contributed by atoms with E-state index in [0.717, 1.165) is 39.0 Å². The molecule has 0 aromatic carbocycles. The Morgan fingerprint density at radius 1 is 1.32 bits per heavy atom. The van der Waals surface area contributed by atoms with Gasteiger partial charge >= 0.3 is 0 Å². The fraction of sp³-hybridized carbons (Fsp3) is 0.929. The summed E-state index contributed by atoms with van der Waals surface area (Å²) in [7, 11) is 0. The molecule has 1 radical (unpaired) electrons. The minimum atomic E-state index is -0.186. The molecule has 19 heavy (non-hydrogen) atoms. The Balaban J connectivity index is 1.67. The summed E-state index contributed by atoms with van der Waals surface area (Å²) in [6.07, 6.45) is 5.26. The SMILES string of the molecule is CCCOCOC1C[N]C(C(=O)N2CCCCC2)C1. The fourth-order valence-electron chi connectivity index (χ4n) is 2.62. The van der Waals surface area contributed by atoms with Crippen molar-refractivity contribution in [1.29, 1.82) is 0 Å². The van der Waals surface area contributed by atoms with Gasteiger partial charge in [-0.1, -0.05) is 6.92 Å². The average Bonchev–Trinajstić information content (AvgIpc) is 2.92. The number of hydrogen-bond donors (Lipinski definition) is 0. The summed E-state index contributed by atoms with van der Waals surface area (Å²) in [6, 6.07) is -0.186. The van der Waals surface area contributed by atoms with Crippen molar-refractivity contribution in [3.05, 3.63) is 0 Å². The largest absolute Gasteiger partial charge is 0.355 e. The molecule has 0 aromatic heterocycles. The highest BCUT2D eigenvalue weighted by Gasteiger charge is 2.34. The van der Waals surface area contributed by atoms with E-state index in [9.17, 15) is 4.79 Å². The van der Waals surface area contributed by atoms with Gasteiger partial charge in [-0.3, -0.25) is 4.79 Å². The van der Waals surface area contributed by atoms with Gasteiger partial charge in [-0.2, -0.15) is 0 Å². The summed E-state index contributed by atoms with van der Waals surface area (Å²) in [6.45, 7) is 5.53. The number of piperidine rings is 1. The number of carbonyl (C=O) groups is 1. The van der Waals surface area contributed by atoms with Gasteiger partial charge in [-0.15, -0.1) is 0 Å². The third-order valence-corrected chi connectivity index (χ3v) is 3.70. The molecule has 1 amide bonds. The van der Waals surface area contributed by atoms with Crippen LogP contribution in [0.5, 0.6) is 0 Å². The van der Waals surface area contributed by atoms with Crippen LogP contribution in [0.15, 0.2) is 0 Å². The molecule has 0 aromatic rings. The maximum atomic E-state index is 12.3. The second-order valence-corrected chi connectivity index (χ2v) is 5.32. The highest BCUT2D eigenvalue weighted by atomic mass is 16.7. The Bertz CT molecular complexity index is 280. The van der Waals surface area contributed by atoms with Crippen LogP contribution >= 0.6 is 0 Å². The van der Waals surface area contributed by atoms with Gasteiger partial charge in [0.25, 0.3) is 0 Å². The summed E-state index contributed by atoms with van der Waals surface area (Å²) in [5.41, 5.74) is 0. The van der Waals surface area contributed by atoms with Crippen molar-refractivity contribution in [2.75, 3.05) is 33.0 Å². The van der Waals surface area contributed by atoms with E-state index in [1.165, 1.54) is 6.42 Å². The summed E-state index contributed by atoms with van der Waals surface area (Å²) in [4.78, 5) is 14.2. The molecule has 2 heterocycles. The third kappa shape index (κ3) is 4.44. The van der Waals surface area contributed by atoms with E-state index in [1.54, 1.807) is 0 Å². The summed E-state index contributed by atoms with van der Waals surface area (Å²) < 4.78 is 10.9. The number of hydrogen-bond acceptors (Lipinski definition) is 3. The average molecular weight is 269 g/mol. The molecule has 2 aliphatic heterocycles. The Labute approximate surface area is 115 Å². The van der Waals surface area contributed by atoms with Gasteiger partial charge in [0.2, 0.25) is 5.91 Å². The second kappa shape index (κ2) is 7.82. The number of carbonyl (C=O) groups excluding carboxylic acids is 1. The predicted molar refractivity (Wildman–Crippen MR) is 71.8 cm³/mol. The van der Waals surface area contributed by atoms with Crippen LogP contribution in [0.25, 0.3) is 0 Å². The zero-order valence-electron chi connectivity index (χ0n) is 11.8. The lowest BCUT2D eigenvalue weighted by molar-refractivity contribution is -0.134. The van der Waals surface area contributed by atoms with E-state index in [-0.39, 0.29) is 18.1 Å². The molecule has 2 unspecified atom stereocenters. The molecule has 109 valence electrons. The number of ether oxygens (including phenoxy) is 2. The van der Waals surface area contributed by atoms with Crippen molar-refractivity contribution < 1.29 is 14.3 Å². The fourth-order valence-corrected chi connectivity index (χ4v) is 2.62. The van der Waals surface area contributed by atoms with Crippen LogP contribution in [-0.2, 0) is 14.3 Å². The van der Waals surface area contributed by atoms with Gasteiger partial charge in [0.1, 0.15) is 12.8 Å². The van der Waals surface area contributed by atoms with Crippen LogP contribution in [0.3, 0.4) is 0 Å². The van der Waals surface area contributed by atoms with E-state index in [1.807, 2.05) is 4.90 Å². The molecule has 2 aliphatic rings. The minimum Gasteiger partial charge on any atom is -0.355 e. The lowest BCUT2D eigenvalue weighted by Crippen LogP contribution is -2.43. The van der Waals surface area contributed by atoms with Crippen molar-refractivity contribution in [3.63, 3.8) is 0 Å². The molecule has 5 nitrogen and oxygen atoms in total. The molecular formula is C14H25N2O3. The molecule has 2 rings (SSSR count). The summed E-state index contributed by atoms with van der Waals surface area (Å²) in [5.74, 6) is 0.195. The second-order valence-electron chi connectivity index (χ2n) is 5.32. The smallest absolute Gasteiger partial charge is 0.241 e. The number of amides is 1. The van der Waals surface area contributed by atoms with Crippen molar-refractivity contribution in [3.8, 4) is 0 Å². The monoisotopic (exact) mass is 269 g/mol. The number of likely N-dealkylation sites (tertiary alicyclic amines) is 1. The molecule has 0 spiro atoms. The van der Waals surface area contributed by atoms with Gasteiger partial charge in [0.15, 0.2) is 0 Å². The van der Waals surface area contributed by atoms with Crippen LogP contribution in [0.2, 0.25) is 0 Å². The van der Waals surface area contributed by atoms with Gasteiger partial charge < -0.3 is 14.4 Å². The molecule has 0 aliphatic carbocycles. The van der Waals surface area contributed by atoms with Gasteiger partial charge in [-0.05, 0) is 25.7 Å². The normalized spacial score (nSPS) is 27.7. The summed E-state index contributed by atoms with van der Waals surface area (Å²) in [5, 5.41) is 4.42. The molecule has 0 saturated carbocycles. The van der Waals surface area contributed by atoms with Crippen LogP contribution in [0, 0.1) is 0 Å². The zero-order valence-corrected chi connectivity index (χ0v) is 11.8. The molecular weight excluding hydrogens is 244 g/mol. The van der Waals surface area contributed by atoms with E-state index in [4.69, 9.17) is 9.47 Å². The summed E-state index contributed by atoms with van der Waals surface area (Å²) >= 11 is 0. The number of nitrogens with zero attached hydrogens (tertiary/aromatic N) is 2. The Hall–Kier alpha value is -0.650. The van der Waals surface area contributed by atoms with E-state index >= 15 is 0 Å². The standard InChI is InChI=1S/C14H25N2O3/c1-2-8-18-11-19-12-9-13(15-10-12)14(17)16-6-4-3-5-7-16/h12-13H,2-11H2,1H3. The van der Waals surface area contributed by atoms with E-state index < -0.39 is 0 Å². The molecule has 0 bridgehead atoms. The van der Waals surface area contributed by atoms with Gasteiger partial charge in [0.05, 0.1) is 6.10 Å². The molecule has 0 N–H and O–H groups in total. The van der Waals surface area contributed by atoms with Gasteiger partial charge in [-0.25, -0.2) is 5.32 Å². The lowest BCUT2D eigenvalue weighted by atomic mass is 10.1. The van der Waals surface area contributed by atoms with Crippen LogP contribution < -0.4 is 5.32 Å². The van der Waals surface area contributed by atoms with Crippen molar-refractivity contribution >= 4 is 5.91 Å². The predicted octanol–water partition coefficient (Wildman–Crippen LogP) is 1.14. The maximum absolute atomic E-state index is 12.3. The molecule has 2 fully saturated rings. The van der Waals surface area contributed by atoms with Crippen LogP contribution in [-0.4, -0.2) is 56.0 Å². The highest BCUT2D eigenvalue weighted by molar-refractivity contribution is 5.82. The first-order valence-electron chi connectivity index (χ1n) is 7.46. The Morgan fingerprint density at radius 3 is 2.84 bits per heavy atom. The quantitative estimate of drug-likeness (QED) is 0.537. The van der Waals surface area contributed by atoms with Crippen molar-refractivity contribution in [2.45, 2.75) is 51.2 Å². The topological polar surface area (TPSA) is 52.9 Å².